The Morgan fingerprint density at radius 2 is 1.88 bits per heavy atom. The molecular formula is C17H21F3N2O2. The van der Waals surface area contributed by atoms with Crippen LogP contribution in [0.15, 0.2) is 24.3 Å². The van der Waals surface area contributed by atoms with Gasteiger partial charge in [-0.3, -0.25) is 9.69 Å². The average Bonchev–Trinajstić information content (AvgIpc) is 3.16. The lowest BCUT2D eigenvalue weighted by molar-refractivity contribution is -0.138. The Morgan fingerprint density at radius 1 is 1.21 bits per heavy atom. The number of alkyl halides is 3. The lowest BCUT2D eigenvalue weighted by atomic mass is 9.97. The molecule has 0 aliphatic carbocycles. The number of benzene rings is 1. The van der Waals surface area contributed by atoms with E-state index in [1.807, 2.05) is 0 Å². The second-order valence-electron chi connectivity index (χ2n) is 6.51. The molecule has 2 aliphatic heterocycles. The van der Waals surface area contributed by atoms with Crippen LogP contribution >= 0.6 is 0 Å². The second-order valence-corrected chi connectivity index (χ2v) is 6.51. The Labute approximate surface area is 138 Å². The van der Waals surface area contributed by atoms with E-state index in [2.05, 4.69) is 0 Å². The summed E-state index contributed by atoms with van der Waals surface area (Å²) in [5, 5.41) is 9.96. The van der Waals surface area contributed by atoms with Crippen LogP contribution in [0.4, 0.5) is 13.2 Å². The fraction of sp³-hybridized carbons (Fsp3) is 0.588. The van der Waals surface area contributed by atoms with Gasteiger partial charge in [0.05, 0.1) is 18.2 Å². The minimum Gasteiger partial charge on any atom is -0.392 e. The number of carbonyl (C=O) groups is 1. The zero-order valence-corrected chi connectivity index (χ0v) is 13.3. The fourth-order valence-corrected chi connectivity index (χ4v) is 3.66. The summed E-state index contributed by atoms with van der Waals surface area (Å²) in [7, 11) is 0. The summed E-state index contributed by atoms with van der Waals surface area (Å²) in [6.45, 7) is 1.68. The van der Waals surface area contributed by atoms with Gasteiger partial charge < -0.3 is 10.0 Å². The Balaban J connectivity index is 1.82. The molecule has 2 fully saturated rings. The molecule has 0 aromatic heterocycles. The van der Waals surface area contributed by atoms with Crippen molar-refractivity contribution in [2.75, 3.05) is 26.2 Å². The van der Waals surface area contributed by atoms with E-state index >= 15 is 0 Å². The molecule has 2 atom stereocenters. The predicted molar refractivity (Wildman–Crippen MR) is 82.2 cm³/mol. The third-order valence-corrected chi connectivity index (χ3v) is 4.80. The van der Waals surface area contributed by atoms with Crippen molar-refractivity contribution in [3.63, 3.8) is 0 Å². The largest absolute Gasteiger partial charge is 0.416 e. The molecule has 2 heterocycles. The number of carbonyl (C=O) groups excluding carboxylic acids is 1. The molecule has 1 aromatic rings. The fourth-order valence-electron chi connectivity index (χ4n) is 3.66. The number of halogens is 3. The number of aliphatic hydroxyl groups is 1. The Hall–Kier alpha value is -1.60. The lowest BCUT2D eigenvalue weighted by Gasteiger charge is -2.28. The quantitative estimate of drug-likeness (QED) is 0.918. The van der Waals surface area contributed by atoms with Crippen LogP contribution in [0.1, 0.15) is 36.4 Å². The zero-order valence-electron chi connectivity index (χ0n) is 13.3. The van der Waals surface area contributed by atoms with E-state index in [9.17, 15) is 23.1 Å². The smallest absolute Gasteiger partial charge is 0.392 e. The SMILES string of the molecule is O=C(CN1C[C@H](O)C[C@@H]1c1ccccc1C(F)(F)F)N1CCCC1. The van der Waals surface area contributed by atoms with Crippen LogP contribution in [0.5, 0.6) is 0 Å². The van der Waals surface area contributed by atoms with Gasteiger partial charge in [0.1, 0.15) is 0 Å². The zero-order chi connectivity index (χ0) is 17.3. The van der Waals surface area contributed by atoms with Crippen molar-refractivity contribution in [2.24, 2.45) is 0 Å². The van der Waals surface area contributed by atoms with E-state index in [1.54, 1.807) is 15.9 Å². The number of nitrogens with zero attached hydrogens (tertiary/aromatic N) is 2. The summed E-state index contributed by atoms with van der Waals surface area (Å²) >= 11 is 0. The standard InChI is InChI=1S/C17H21F3N2O2/c18-17(19,20)14-6-2-1-5-13(14)15-9-12(23)10-22(15)11-16(24)21-7-3-4-8-21/h1-2,5-6,12,15,23H,3-4,7-11H2/t12-,15-/m1/s1. The molecule has 0 spiro atoms. The summed E-state index contributed by atoms with van der Waals surface area (Å²) in [6.07, 6.45) is -3.03. The summed E-state index contributed by atoms with van der Waals surface area (Å²) in [6, 6.07) is 4.83. The van der Waals surface area contributed by atoms with Crippen LogP contribution in [0.25, 0.3) is 0 Å². The van der Waals surface area contributed by atoms with Gasteiger partial charge >= 0.3 is 6.18 Å². The highest BCUT2D eigenvalue weighted by Crippen LogP contribution is 2.40. The summed E-state index contributed by atoms with van der Waals surface area (Å²) < 4.78 is 39.8. The second kappa shape index (κ2) is 6.72. The molecular weight excluding hydrogens is 321 g/mol. The minimum atomic E-state index is -4.45. The first-order valence-electron chi connectivity index (χ1n) is 8.22. The number of hydrogen-bond acceptors (Lipinski definition) is 3. The number of hydrogen-bond donors (Lipinski definition) is 1. The maximum atomic E-state index is 13.3. The average molecular weight is 342 g/mol. The van der Waals surface area contributed by atoms with Crippen molar-refractivity contribution in [1.82, 2.24) is 9.80 Å². The van der Waals surface area contributed by atoms with Gasteiger partial charge in [0.15, 0.2) is 0 Å². The highest BCUT2D eigenvalue weighted by atomic mass is 19.4. The molecule has 0 saturated carbocycles. The molecule has 0 radical (unpaired) electrons. The first-order chi connectivity index (χ1) is 11.4. The number of aliphatic hydroxyl groups excluding tert-OH is 1. The van der Waals surface area contributed by atoms with Gasteiger partial charge in [-0.2, -0.15) is 13.2 Å². The number of β-amino-alcohol motifs (C(OH)–C–C–N with tert-alkyl or cyclic N) is 1. The molecule has 1 N–H and O–H groups in total. The molecule has 4 nitrogen and oxygen atoms in total. The van der Waals surface area contributed by atoms with Gasteiger partial charge in [-0.25, -0.2) is 0 Å². The summed E-state index contributed by atoms with van der Waals surface area (Å²) in [5.74, 6) is -0.0731. The Kier molecular flexibility index (Phi) is 4.83. The molecule has 24 heavy (non-hydrogen) atoms. The number of rotatable bonds is 3. The van der Waals surface area contributed by atoms with E-state index in [0.717, 1.165) is 18.9 Å². The van der Waals surface area contributed by atoms with Crippen molar-refractivity contribution < 1.29 is 23.1 Å². The van der Waals surface area contributed by atoms with Gasteiger partial charge in [0.25, 0.3) is 0 Å². The third-order valence-electron chi connectivity index (χ3n) is 4.80. The number of likely N-dealkylation sites (tertiary alicyclic amines) is 2. The molecule has 132 valence electrons. The first-order valence-corrected chi connectivity index (χ1v) is 8.22. The molecule has 0 bridgehead atoms. The molecule has 7 heteroatoms. The van der Waals surface area contributed by atoms with E-state index < -0.39 is 23.9 Å². The van der Waals surface area contributed by atoms with Crippen LogP contribution in [0.3, 0.4) is 0 Å². The lowest BCUT2D eigenvalue weighted by Crippen LogP contribution is -2.39. The predicted octanol–water partition coefficient (Wildman–Crippen LogP) is 2.44. The van der Waals surface area contributed by atoms with E-state index in [0.29, 0.717) is 13.1 Å². The highest BCUT2D eigenvalue weighted by Gasteiger charge is 2.40. The molecule has 2 aliphatic rings. The van der Waals surface area contributed by atoms with Crippen LogP contribution < -0.4 is 0 Å². The molecule has 2 saturated heterocycles. The van der Waals surface area contributed by atoms with Crippen molar-refractivity contribution >= 4 is 5.91 Å². The molecule has 1 aromatic carbocycles. The third kappa shape index (κ3) is 3.57. The normalized spacial score (nSPS) is 25.4. The minimum absolute atomic E-state index is 0.0495. The van der Waals surface area contributed by atoms with E-state index in [1.165, 1.54) is 12.1 Å². The maximum absolute atomic E-state index is 13.3. The summed E-state index contributed by atoms with van der Waals surface area (Å²) in [5.41, 5.74) is -0.557. The monoisotopic (exact) mass is 342 g/mol. The van der Waals surface area contributed by atoms with Gasteiger partial charge in [0, 0.05) is 25.7 Å². The maximum Gasteiger partial charge on any atom is 0.416 e. The van der Waals surface area contributed by atoms with Crippen LogP contribution in [-0.4, -0.2) is 53.1 Å². The van der Waals surface area contributed by atoms with Crippen LogP contribution in [-0.2, 0) is 11.0 Å². The molecule has 1 amide bonds. The van der Waals surface area contributed by atoms with Crippen molar-refractivity contribution in [3.8, 4) is 0 Å². The summed E-state index contributed by atoms with van der Waals surface area (Å²) in [4.78, 5) is 15.8. The molecule has 3 rings (SSSR count). The number of amides is 1. The van der Waals surface area contributed by atoms with Gasteiger partial charge in [-0.15, -0.1) is 0 Å². The highest BCUT2D eigenvalue weighted by molar-refractivity contribution is 5.78. The van der Waals surface area contributed by atoms with Gasteiger partial charge in [-0.1, -0.05) is 18.2 Å². The van der Waals surface area contributed by atoms with E-state index in [-0.39, 0.29) is 31.0 Å². The van der Waals surface area contributed by atoms with Crippen LogP contribution in [0, 0.1) is 0 Å². The van der Waals surface area contributed by atoms with E-state index in [4.69, 9.17) is 0 Å². The topological polar surface area (TPSA) is 43.8 Å². The van der Waals surface area contributed by atoms with Crippen molar-refractivity contribution in [1.29, 1.82) is 0 Å². The van der Waals surface area contributed by atoms with Gasteiger partial charge in [0.2, 0.25) is 5.91 Å². The Bertz CT molecular complexity index is 600. The van der Waals surface area contributed by atoms with Crippen molar-refractivity contribution in [3.05, 3.63) is 35.4 Å². The van der Waals surface area contributed by atoms with Gasteiger partial charge in [-0.05, 0) is 30.9 Å². The molecule has 0 unspecified atom stereocenters. The van der Waals surface area contributed by atoms with Crippen LogP contribution in [0.2, 0.25) is 0 Å². The van der Waals surface area contributed by atoms with Crippen molar-refractivity contribution in [2.45, 2.75) is 37.6 Å². The Morgan fingerprint density at radius 3 is 2.54 bits per heavy atom. The first kappa shape index (κ1) is 17.2.